The van der Waals surface area contributed by atoms with Gasteiger partial charge in [-0.3, -0.25) is 0 Å². The first-order valence-corrected chi connectivity index (χ1v) is 9.47. The number of nitrogens with zero attached hydrogens (tertiary/aromatic N) is 4. The quantitative estimate of drug-likeness (QED) is 0.650. The van der Waals surface area contributed by atoms with Crippen LogP contribution in [0.4, 0.5) is 19.0 Å². The summed E-state index contributed by atoms with van der Waals surface area (Å²) in [7, 11) is -3.93. The molecule has 0 spiro atoms. The van der Waals surface area contributed by atoms with Gasteiger partial charge in [0.05, 0.1) is 4.90 Å². The smallest absolute Gasteiger partial charge is 0.382 e. The van der Waals surface area contributed by atoms with E-state index in [0.29, 0.717) is 12.5 Å². The van der Waals surface area contributed by atoms with Gasteiger partial charge in [0.2, 0.25) is 9.84 Å². The van der Waals surface area contributed by atoms with E-state index in [-0.39, 0.29) is 21.6 Å². The molecule has 3 rings (SSSR count). The van der Waals surface area contributed by atoms with Gasteiger partial charge in [-0.2, -0.15) is 13.2 Å². The lowest BCUT2D eigenvalue weighted by molar-refractivity contribution is -0.259. The highest BCUT2D eigenvalue weighted by atomic mass is 32.2. The number of hydrogen-bond acceptors (Lipinski definition) is 8. The molecule has 0 aliphatic carbocycles. The molecule has 0 bridgehead atoms. The van der Waals surface area contributed by atoms with E-state index in [1.54, 1.807) is 0 Å². The Kier molecular flexibility index (Phi) is 5.01. The van der Waals surface area contributed by atoms with E-state index in [4.69, 9.17) is 5.73 Å². The van der Waals surface area contributed by atoms with E-state index in [9.17, 15) is 26.7 Å². The minimum absolute atomic E-state index is 0.0583. The maximum absolute atomic E-state index is 12.9. The summed E-state index contributed by atoms with van der Waals surface area (Å²) in [6.45, 7) is 0.602. The van der Waals surface area contributed by atoms with Crippen LogP contribution in [0.2, 0.25) is 0 Å². The molecular weight excluding hydrogens is 411 g/mol. The van der Waals surface area contributed by atoms with Crippen LogP contribution in [0.15, 0.2) is 58.7 Å². The molecule has 0 saturated carbocycles. The molecule has 0 aliphatic heterocycles. The second-order valence-electron chi connectivity index (χ2n) is 6.19. The van der Waals surface area contributed by atoms with Crippen LogP contribution in [0.5, 0.6) is 0 Å². The number of alkyl halides is 3. The molecule has 152 valence electrons. The van der Waals surface area contributed by atoms with Crippen molar-refractivity contribution in [1.29, 1.82) is 0 Å². The van der Waals surface area contributed by atoms with Crippen molar-refractivity contribution in [2.45, 2.75) is 28.6 Å². The van der Waals surface area contributed by atoms with E-state index in [0.717, 1.165) is 12.4 Å². The summed E-state index contributed by atoms with van der Waals surface area (Å²) < 4.78 is 63.7. The number of nitrogens with two attached hydrogens (primary N) is 1. The molecule has 3 aromatic rings. The Labute approximate surface area is 163 Å². The van der Waals surface area contributed by atoms with Crippen molar-refractivity contribution >= 4 is 15.7 Å². The highest BCUT2D eigenvalue weighted by molar-refractivity contribution is 7.91. The Bertz CT molecular complexity index is 1110. The standard InChI is InChI=1S/C17H14F3N5O3S/c1-16(26,17(18,19)20)11-8-22-15(23-9-11)10-2-4-12(5-3-10)29(27,28)14-7-6-13(21)24-25-14/h2-9,26H,1H3,(H2,21,24)/t16-/m1/s1. The van der Waals surface area contributed by atoms with E-state index in [2.05, 4.69) is 20.2 Å². The Morgan fingerprint density at radius 1 is 0.966 bits per heavy atom. The topological polar surface area (TPSA) is 132 Å². The second-order valence-corrected chi connectivity index (χ2v) is 8.09. The minimum Gasteiger partial charge on any atom is -0.382 e. The Morgan fingerprint density at radius 2 is 1.55 bits per heavy atom. The molecule has 0 amide bonds. The van der Waals surface area contributed by atoms with Crippen molar-refractivity contribution in [2.75, 3.05) is 5.73 Å². The van der Waals surface area contributed by atoms with Gasteiger partial charge >= 0.3 is 6.18 Å². The molecule has 0 saturated heterocycles. The molecule has 3 N–H and O–H groups in total. The van der Waals surface area contributed by atoms with E-state index >= 15 is 0 Å². The van der Waals surface area contributed by atoms with Crippen molar-refractivity contribution in [1.82, 2.24) is 20.2 Å². The third-order valence-electron chi connectivity index (χ3n) is 4.12. The number of aliphatic hydroxyl groups is 1. The molecule has 0 radical (unpaired) electrons. The number of hydrogen-bond donors (Lipinski definition) is 2. The summed E-state index contributed by atoms with van der Waals surface area (Å²) in [6, 6.07) is 7.89. The fourth-order valence-electron chi connectivity index (χ4n) is 2.27. The molecule has 1 atom stereocenters. The van der Waals surface area contributed by atoms with Gasteiger partial charge in [0.25, 0.3) is 0 Å². The Hall–Kier alpha value is -3.12. The summed E-state index contributed by atoms with van der Waals surface area (Å²) >= 11 is 0. The third-order valence-corrected chi connectivity index (χ3v) is 5.79. The summed E-state index contributed by atoms with van der Waals surface area (Å²) in [5.74, 6) is 0.132. The predicted octanol–water partition coefficient (Wildman–Crippen LogP) is 2.12. The number of halogens is 3. The molecule has 1 aromatic carbocycles. The minimum atomic E-state index is -4.89. The second kappa shape index (κ2) is 7.04. The highest BCUT2D eigenvalue weighted by Gasteiger charge is 2.51. The largest absolute Gasteiger partial charge is 0.421 e. The van der Waals surface area contributed by atoms with Crippen LogP contribution in [0, 0.1) is 0 Å². The van der Waals surface area contributed by atoms with Gasteiger partial charge in [0, 0.05) is 23.5 Å². The zero-order valence-corrected chi connectivity index (χ0v) is 15.6. The van der Waals surface area contributed by atoms with Crippen LogP contribution in [0.1, 0.15) is 12.5 Å². The number of anilines is 1. The van der Waals surface area contributed by atoms with Crippen LogP contribution in [0.3, 0.4) is 0 Å². The first kappa shape index (κ1) is 20.6. The van der Waals surface area contributed by atoms with Crippen molar-refractivity contribution < 1.29 is 26.7 Å². The van der Waals surface area contributed by atoms with Crippen LogP contribution < -0.4 is 5.73 Å². The van der Waals surface area contributed by atoms with Crippen LogP contribution in [-0.4, -0.2) is 39.9 Å². The molecule has 0 unspecified atom stereocenters. The average molecular weight is 425 g/mol. The van der Waals surface area contributed by atoms with E-state index < -0.39 is 27.2 Å². The highest BCUT2D eigenvalue weighted by Crippen LogP contribution is 2.38. The first-order valence-electron chi connectivity index (χ1n) is 7.99. The van der Waals surface area contributed by atoms with Gasteiger partial charge in [-0.05, 0) is 43.3 Å². The van der Waals surface area contributed by atoms with Crippen molar-refractivity contribution in [3.63, 3.8) is 0 Å². The van der Waals surface area contributed by atoms with Crippen LogP contribution >= 0.6 is 0 Å². The lowest BCUT2D eigenvalue weighted by Gasteiger charge is -2.25. The number of aromatic nitrogens is 4. The molecular formula is C17H14F3N5O3S. The van der Waals surface area contributed by atoms with Crippen LogP contribution in [-0.2, 0) is 15.4 Å². The number of nitrogen functional groups attached to an aromatic ring is 1. The van der Waals surface area contributed by atoms with Crippen molar-refractivity contribution in [3.05, 3.63) is 54.4 Å². The Balaban J connectivity index is 1.88. The molecule has 29 heavy (non-hydrogen) atoms. The molecule has 0 aliphatic rings. The van der Waals surface area contributed by atoms with Crippen molar-refractivity contribution in [3.8, 4) is 11.4 Å². The average Bonchev–Trinajstić information content (AvgIpc) is 2.68. The zero-order chi connectivity index (χ0) is 21.4. The Morgan fingerprint density at radius 3 is 2.03 bits per heavy atom. The number of rotatable bonds is 4. The van der Waals surface area contributed by atoms with E-state index in [1.807, 2.05) is 0 Å². The summed E-state index contributed by atoms with van der Waals surface area (Å²) in [4.78, 5) is 7.59. The SMILES string of the molecule is C[C@@](O)(c1cnc(-c2ccc(S(=O)(=O)c3ccc(N)nn3)cc2)nc1)C(F)(F)F. The number of sulfone groups is 1. The monoisotopic (exact) mass is 425 g/mol. The first-order chi connectivity index (χ1) is 13.4. The predicted molar refractivity (Wildman–Crippen MR) is 95.0 cm³/mol. The van der Waals surface area contributed by atoms with Crippen molar-refractivity contribution in [2.24, 2.45) is 0 Å². The summed E-state index contributed by atoms with van der Waals surface area (Å²) in [5, 5.41) is 16.4. The lowest BCUT2D eigenvalue weighted by atomic mass is 9.98. The maximum Gasteiger partial charge on any atom is 0.421 e. The van der Waals surface area contributed by atoms with Gasteiger partial charge in [-0.25, -0.2) is 18.4 Å². The molecule has 2 aromatic heterocycles. The van der Waals surface area contributed by atoms with Gasteiger partial charge in [0.1, 0.15) is 5.82 Å². The van der Waals surface area contributed by atoms with Gasteiger partial charge in [0.15, 0.2) is 16.5 Å². The maximum atomic E-state index is 12.9. The third kappa shape index (κ3) is 3.89. The molecule has 8 nitrogen and oxygen atoms in total. The summed E-state index contributed by atoms with van der Waals surface area (Å²) in [5.41, 5.74) is 2.15. The van der Waals surface area contributed by atoms with Gasteiger partial charge in [-0.15, -0.1) is 10.2 Å². The molecule has 12 heteroatoms. The normalized spacial score (nSPS) is 14.4. The summed E-state index contributed by atoms with van der Waals surface area (Å²) in [6.07, 6.45) is -3.16. The van der Waals surface area contributed by atoms with Gasteiger partial charge in [-0.1, -0.05) is 0 Å². The molecule has 2 heterocycles. The lowest BCUT2D eigenvalue weighted by Crippen LogP contribution is -2.39. The zero-order valence-electron chi connectivity index (χ0n) is 14.8. The van der Waals surface area contributed by atoms with Crippen LogP contribution in [0.25, 0.3) is 11.4 Å². The van der Waals surface area contributed by atoms with E-state index in [1.165, 1.54) is 36.4 Å². The fourth-order valence-corrected chi connectivity index (χ4v) is 3.40. The fraction of sp³-hybridized carbons (Fsp3) is 0.176. The molecule has 0 fully saturated rings. The van der Waals surface area contributed by atoms with Gasteiger partial charge < -0.3 is 10.8 Å². The number of benzene rings is 1.